The number of amides is 2. The molecule has 0 radical (unpaired) electrons. The van der Waals surface area contributed by atoms with E-state index in [0.29, 0.717) is 22.4 Å². The van der Waals surface area contributed by atoms with Crippen molar-refractivity contribution in [3.63, 3.8) is 0 Å². The maximum absolute atomic E-state index is 13.4. The van der Waals surface area contributed by atoms with E-state index in [2.05, 4.69) is 20.5 Å². The molecule has 2 aliphatic heterocycles. The molecule has 0 spiro atoms. The SMILES string of the molecule is COc1cccc(C(=O)N[C@H]2C[C@H]3CC[C@@H](C2)N3c2ccc(C(=O)NCc3cccc(F)c3)cn2)c1C. The van der Waals surface area contributed by atoms with Crippen LogP contribution in [0.2, 0.25) is 0 Å². The number of hydrogen-bond acceptors (Lipinski definition) is 5. The lowest BCUT2D eigenvalue weighted by Crippen LogP contribution is -2.50. The van der Waals surface area contributed by atoms with Crippen molar-refractivity contribution >= 4 is 17.6 Å². The Bertz CT molecular complexity index is 1280. The monoisotopic (exact) mass is 502 g/mol. The molecule has 3 aromatic rings. The molecule has 0 unspecified atom stereocenters. The molecule has 2 amide bonds. The lowest BCUT2D eigenvalue weighted by Gasteiger charge is -2.40. The van der Waals surface area contributed by atoms with Crippen LogP contribution in [0.1, 0.15) is 57.5 Å². The zero-order valence-electron chi connectivity index (χ0n) is 21.0. The molecule has 2 N–H and O–H groups in total. The van der Waals surface area contributed by atoms with Gasteiger partial charge < -0.3 is 20.3 Å². The van der Waals surface area contributed by atoms with Crippen LogP contribution in [0.15, 0.2) is 60.8 Å². The van der Waals surface area contributed by atoms with Crippen LogP contribution in [0.4, 0.5) is 10.2 Å². The first kappa shape index (κ1) is 24.7. The predicted molar refractivity (Wildman–Crippen MR) is 139 cm³/mol. The molecule has 1 aromatic heterocycles. The Morgan fingerprint density at radius 3 is 2.49 bits per heavy atom. The van der Waals surface area contributed by atoms with Crippen LogP contribution >= 0.6 is 0 Å². The summed E-state index contributed by atoms with van der Waals surface area (Å²) in [6.45, 7) is 2.15. The zero-order chi connectivity index (χ0) is 25.9. The van der Waals surface area contributed by atoms with E-state index in [4.69, 9.17) is 4.74 Å². The molecule has 192 valence electrons. The Morgan fingerprint density at radius 2 is 1.81 bits per heavy atom. The Morgan fingerprint density at radius 1 is 1.05 bits per heavy atom. The van der Waals surface area contributed by atoms with E-state index >= 15 is 0 Å². The average molecular weight is 503 g/mol. The van der Waals surface area contributed by atoms with E-state index in [0.717, 1.165) is 37.1 Å². The highest BCUT2D eigenvalue weighted by Gasteiger charge is 2.42. The predicted octanol–water partition coefficient (Wildman–Crippen LogP) is 4.40. The van der Waals surface area contributed by atoms with Crippen LogP contribution in [-0.2, 0) is 6.54 Å². The molecule has 0 aliphatic carbocycles. The molecule has 3 heterocycles. The molecule has 2 aromatic carbocycles. The van der Waals surface area contributed by atoms with Gasteiger partial charge in [0.25, 0.3) is 11.8 Å². The van der Waals surface area contributed by atoms with Gasteiger partial charge in [-0.25, -0.2) is 9.37 Å². The maximum Gasteiger partial charge on any atom is 0.253 e. The van der Waals surface area contributed by atoms with Crippen molar-refractivity contribution in [2.75, 3.05) is 12.0 Å². The number of halogens is 1. The Hall–Kier alpha value is -3.94. The fraction of sp³-hybridized carbons (Fsp3) is 0.345. The number of aromatic nitrogens is 1. The lowest BCUT2D eigenvalue weighted by molar-refractivity contribution is 0.0923. The lowest BCUT2D eigenvalue weighted by atomic mass is 9.96. The summed E-state index contributed by atoms with van der Waals surface area (Å²) in [6.07, 6.45) is 5.39. The average Bonchev–Trinajstić information content (AvgIpc) is 3.17. The van der Waals surface area contributed by atoms with Crippen LogP contribution in [0.25, 0.3) is 0 Å². The first-order valence-electron chi connectivity index (χ1n) is 12.6. The van der Waals surface area contributed by atoms with Gasteiger partial charge in [-0.1, -0.05) is 18.2 Å². The van der Waals surface area contributed by atoms with Gasteiger partial charge in [0.05, 0.1) is 12.7 Å². The van der Waals surface area contributed by atoms with Crippen molar-refractivity contribution in [2.24, 2.45) is 0 Å². The number of pyridine rings is 1. The minimum atomic E-state index is -0.328. The molecule has 2 fully saturated rings. The number of nitrogens with one attached hydrogen (secondary N) is 2. The number of nitrogens with zero attached hydrogens (tertiary/aromatic N) is 2. The van der Waals surface area contributed by atoms with Crippen molar-refractivity contribution in [1.82, 2.24) is 15.6 Å². The summed E-state index contributed by atoms with van der Waals surface area (Å²) in [7, 11) is 1.61. The third-order valence-electron chi connectivity index (χ3n) is 7.43. The first-order valence-corrected chi connectivity index (χ1v) is 12.6. The normalized spacial score (nSPS) is 20.4. The highest BCUT2D eigenvalue weighted by molar-refractivity contribution is 5.96. The third kappa shape index (κ3) is 5.28. The van der Waals surface area contributed by atoms with Gasteiger partial charge in [-0.15, -0.1) is 0 Å². The molecule has 2 saturated heterocycles. The van der Waals surface area contributed by atoms with Crippen LogP contribution in [0, 0.1) is 12.7 Å². The Balaban J connectivity index is 1.19. The van der Waals surface area contributed by atoms with Gasteiger partial charge in [0.15, 0.2) is 0 Å². The number of piperidine rings is 1. The molecule has 8 heteroatoms. The number of rotatable bonds is 7. The van der Waals surface area contributed by atoms with E-state index in [1.165, 1.54) is 12.1 Å². The number of methoxy groups -OCH3 is 1. The van der Waals surface area contributed by atoms with E-state index in [1.54, 1.807) is 31.5 Å². The van der Waals surface area contributed by atoms with Crippen LogP contribution < -0.4 is 20.3 Å². The minimum Gasteiger partial charge on any atom is -0.496 e. The fourth-order valence-corrected chi connectivity index (χ4v) is 5.62. The van der Waals surface area contributed by atoms with Crippen molar-refractivity contribution in [3.05, 3.63) is 88.9 Å². The standard InChI is InChI=1S/C29H31FN4O3/c1-18-25(7-4-8-26(18)37-2)29(36)33-22-14-23-10-11-24(15-22)34(23)27-12-9-20(17-31-27)28(35)32-16-19-5-3-6-21(30)13-19/h3-9,12-13,17,22-24H,10-11,14-16H2,1-2H3,(H,32,35)(H,33,36)/t22-,23+,24-. The fourth-order valence-electron chi connectivity index (χ4n) is 5.62. The molecule has 7 nitrogen and oxygen atoms in total. The topological polar surface area (TPSA) is 83.6 Å². The Kier molecular flexibility index (Phi) is 7.08. The summed E-state index contributed by atoms with van der Waals surface area (Å²) in [5.41, 5.74) is 2.64. The second-order valence-corrected chi connectivity index (χ2v) is 9.78. The number of carbonyl (C=O) groups is 2. The molecular weight excluding hydrogens is 471 g/mol. The molecule has 3 atom stereocenters. The van der Waals surface area contributed by atoms with Gasteiger partial charge in [0.2, 0.25) is 0 Å². The van der Waals surface area contributed by atoms with Gasteiger partial charge in [-0.05, 0) is 74.6 Å². The number of hydrogen-bond donors (Lipinski definition) is 2. The molecule has 37 heavy (non-hydrogen) atoms. The van der Waals surface area contributed by atoms with Crippen molar-refractivity contribution < 1.29 is 18.7 Å². The smallest absolute Gasteiger partial charge is 0.253 e. The number of fused-ring (bicyclic) bond motifs is 2. The van der Waals surface area contributed by atoms with Gasteiger partial charge in [-0.2, -0.15) is 0 Å². The van der Waals surface area contributed by atoms with Crippen molar-refractivity contribution in [2.45, 2.75) is 57.3 Å². The van der Waals surface area contributed by atoms with Gasteiger partial charge in [0.1, 0.15) is 17.4 Å². The van der Waals surface area contributed by atoms with Gasteiger partial charge in [-0.3, -0.25) is 9.59 Å². The molecule has 5 rings (SSSR count). The number of ether oxygens (including phenoxy) is 1. The third-order valence-corrected chi connectivity index (χ3v) is 7.43. The summed E-state index contributed by atoms with van der Waals surface area (Å²) >= 11 is 0. The number of benzene rings is 2. The summed E-state index contributed by atoms with van der Waals surface area (Å²) in [6, 6.07) is 16.0. The quantitative estimate of drug-likeness (QED) is 0.501. The molecular formula is C29H31FN4O3. The second kappa shape index (κ2) is 10.6. The van der Waals surface area contributed by atoms with E-state index in [-0.39, 0.29) is 42.3 Å². The van der Waals surface area contributed by atoms with E-state index in [9.17, 15) is 14.0 Å². The van der Waals surface area contributed by atoms with Crippen LogP contribution in [-0.4, -0.2) is 42.0 Å². The number of carbonyl (C=O) groups excluding carboxylic acids is 2. The number of anilines is 1. The molecule has 0 saturated carbocycles. The molecule has 2 bridgehead atoms. The molecule has 2 aliphatic rings. The van der Waals surface area contributed by atoms with Gasteiger partial charge >= 0.3 is 0 Å². The second-order valence-electron chi connectivity index (χ2n) is 9.78. The van der Waals surface area contributed by atoms with Crippen molar-refractivity contribution in [3.8, 4) is 5.75 Å². The summed E-state index contributed by atoms with van der Waals surface area (Å²) < 4.78 is 18.7. The van der Waals surface area contributed by atoms with Crippen molar-refractivity contribution in [1.29, 1.82) is 0 Å². The maximum atomic E-state index is 13.4. The van der Waals surface area contributed by atoms with E-state index < -0.39 is 0 Å². The van der Waals surface area contributed by atoms with Gasteiger partial charge in [0, 0.05) is 42.0 Å². The first-order chi connectivity index (χ1) is 17.9. The summed E-state index contributed by atoms with van der Waals surface area (Å²) in [4.78, 5) is 32.5. The minimum absolute atomic E-state index is 0.0685. The van der Waals surface area contributed by atoms with Crippen LogP contribution in [0.5, 0.6) is 5.75 Å². The summed E-state index contributed by atoms with van der Waals surface area (Å²) in [5.74, 6) is 0.912. The van der Waals surface area contributed by atoms with E-state index in [1.807, 2.05) is 31.2 Å². The summed E-state index contributed by atoms with van der Waals surface area (Å²) in [5, 5.41) is 6.05. The zero-order valence-corrected chi connectivity index (χ0v) is 21.0. The largest absolute Gasteiger partial charge is 0.496 e. The van der Waals surface area contributed by atoms with Crippen LogP contribution in [0.3, 0.4) is 0 Å². The highest BCUT2D eigenvalue weighted by Crippen LogP contribution is 2.38. The highest BCUT2D eigenvalue weighted by atomic mass is 19.1. The Labute approximate surface area is 216 Å².